The highest BCUT2D eigenvalue weighted by Crippen LogP contribution is 2.33. The fraction of sp³-hybridized carbons (Fsp3) is 0.255. The van der Waals surface area contributed by atoms with Crippen LogP contribution in [0.15, 0.2) is 133 Å². The van der Waals surface area contributed by atoms with Crippen molar-refractivity contribution < 1.29 is 8.83 Å². The standard InChI is InChI=1S/C47H48N8O2/c1-8-29-13-11-12-14-36(29)52-45-54-43(48-34-21-15-30(16-22-34)41-50-37-27-32(46(4,5)9-2)19-25-39(37)56-41)53-44(55-45)49-35-23-17-31(18-24-35)42-51-38-28-33(47(6,7)10-3)20-26-40(38)57-42/h11-28H,8-10H2,1-7H3,(H3,48,49,52,53,54,55). The zero-order chi connectivity index (χ0) is 39.7. The third-order valence-electron chi connectivity index (χ3n) is 11.1. The van der Waals surface area contributed by atoms with E-state index < -0.39 is 0 Å². The summed E-state index contributed by atoms with van der Waals surface area (Å²) >= 11 is 0. The molecule has 3 N–H and O–H groups in total. The van der Waals surface area contributed by atoms with E-state index in [-0.39, 0.29) is 10.8 Å². The van der Waals surface area contributed by atoms with Crippen molar-refractivity contribution in [3.05, 3.63) is 143 Å². The first kappa shape index (κ1) is 37.4. The zero-order valence-electron chi connectivity index (χ0n) is 33.6. The van der Waals surface area contributed by atoms with E-state index in [0.717, 1.165) is 75.2 Å². The summed E-state index contributed by atoms with van der Waals surface area (Å²) in [6.45, 7) is 15.5. The van der Waals surface area contributed by atoms with Crippen molar-refractivity contribution in [3.8, 4) is 22.9 Å². The minimum atomic E-state index is 0.0644. The van der Waals surface area contributed by atoms with Gasteiger partial charge in [0, 0.05) is 11.1 Å². The SMILES string of the molecule is CCc1ccccc1N=c1[nH]c(=Nc2ccc(-c3nc4cc(C(C)(C)CC)ccc4o3)cc2)[nH]c(=Nc2ccc(-c3nc4cc(C(C)(C)CC)ccc4o3)cc2)[nH]1. The van der Waals surface area contributed by atoms with Crippen LogP contribution in [-0.4, -0.2) is 24.9 Å². The molecule has 3 aromatic heterocycles. The van der Waals surface area contributed by atoms with E-state index in [1.807, 2.05) is 78.9 Å². The lowest BCUT2D eigenvalue weighted by atomic mass is 9.82. The Balaban J connectivity index is 1.13. The second-order valence-corrected chi connectivity index (χ2v) is 15.7. The van der Waals surface area contributed by atoms with Gasteiger partial charge in [-0.05, 0) is 126 Å². The normalized spacial score (nSPS) is 12.9. The van der Waals surface area contributed by atoms with Gasteiger partial charge >= 0.3 is 0 Å². The summed E-state index contributed by atoms with van der Waals surface area (Å²) in [5, 5.41) is 0. The summed E-state index contributed by atoms with van der Waals surface area (Å²) in [6, 6.07) is 36.2. The summed E-state index contributed by atoms with van der Waals surface area (Å²) in [7, 11) is 0. The fourth-order valence-electron chi connectivity index (χ4n) is 6.60. The van der Waals surface area contributed by atoms with E-state index in [2.05, 4.69) is 93.7 Å². The molecule has 10 heteroatoms. The lowest BCUT2D eigenvalue weighted by molar-refractivity contribution is 0.506. The van der Waals surface area contributed by atoms with Crippen LogP contribution in [0, 0.1) is 0 Å². The topological polar surface area (TPSA) is 137 Å². The minimum Gasteiger partial charge on any atom is -0.436 e. The number of aromatic amines is 3. The maximum absolute atomic E-state index is 6.15. The number of oxazole rings is 2. The highest BCUT2D eigenvalue weighted by molar-refractivity contribution is 5.78. The quantitative estimate of drug-likeness (QED) is 0.128. The Morgan fingerprint density at radius 3 is 1.40 bits per heavy atom. The molecule has 0 atom stereocenters. The molecule has 0 spiro atoms. The molecule has 0 aliphatic heterocycles. The average Bonchev–Trinajstić information content (AvgIpc) is 3.86. The monoisotopic (exact) mass is 756 g/mol. The summed E-state index contributed by atoms with van der Waals surface area (Å²) in [6.07, 6.45) is 2.92. The van der Waals surface area contributed by atoms with Gasteiger partial charge in [0.2, 0.25) is 28.6 Å². The van der Waals surface area contributed by atoms with Crippen LogP contribution >= 0.6 is 0 Å². The molecule has 10 nitrogen and oxygen atoms in total. The number of para-hydroxylation sites is 1. The predicted octanol–water partition coefficient (Wildman–Crippen LogP) is 10.9. The first-order chi connectivity index (χ1) is 27.5. The molecule has 57 heavy (non-hydrogen) atoms. The summed E-state index contributed by atoms with van der Waals surface area (Å²) in [5.74, 6) is 1.14. The first-order valence-corrected chi connectivity index (χ1v) is 19.7. The second kappa shape index (κ2) is 15.2. The van der Waals surface area contributed by atoms with E-state index in [1.54, 1.807) is 0 Å². The van der Waals surface area contributed by atoms with Crippen LogP contribution in [-0.2, 0) is 17.3 Å². The molecule has 8 aromatic rings. The van der Waals surface area contributed by atoms with Gasteiger partial charge in [0.1, 0.15) is 11.0 Å². The molecule has 288 valence electrons. The van der Waals surface area contributed by atoms with Crippen molar-refractivity contribution in [3.63, 3.8) is 0 Å². The Bertz CT molecular complexity index is 2750. The van der Waals surface area contributed by atoms with Gasteiger partial charge in [-0.25, -0.2) is 24.9 Å². The molecule has 5 aromatic carbocycles. The number of fused-ring (bicyclic) bond motifs is 2. The van der Waals surface area contributed by atoms with Gasteiger partial charge in [-0.15, -0.1) is 0 Å². The van der Waals surface area contributed by atoms with E-state index >= 15 is 0 Å². The third-order valence-corrected chi connectivity index (χ3v) is 11.1. The van der Waals surface area contributed by atoms with Crippen LogP contribution in [0.3, 0.4) is 0 Å². The molecule has 8 rings (SSSR count). The Hall–Kier alpha value is -6.55. The molecule has 0 aliphatic rings. The Morgan fingerprint density at radius 1 is 0.526 bits per heavy atom. The van der Waals surface area contributed by atoms with Crippen LogP contribution in [0.25, 0.3) is 45.1 Å². The molecular weight excluding hydrogens is 709 g/mol. The number of H-pyrrole nitrogens is 3. The second-order valence-electron chi connectivity index (χ2n) is 15.7. The first-order valence-electron chi connectivity index (χ1n) is 19.7. The zero-order valence-corrected chi connectivity index (χ0v) is 33.6. The predicted molar refractivity (Wildman–Crippen MR) is 227 cm³/mol. The molecule has 3 heterocycles. The number of nitrogens with zero attached hydrogens (tertiary/aromatic N) is 5. The highest BCUT2D eigenvalue weighted by atomic mass is 16.4. The largest absolute Gasteiger partial charge is 0.436 e. The lowest BCUT2D eigenvalue weighted by Gasteiger charge is -2.22. The lowest BCUT2D eigenvalue weighted by Crippen LogP contribution is -2.36. The maximum Gasteiger partial charge on any atom is 0.227 e. The van der Waals surface area contributed by atoms with Crippen molar-refractivity contribution in [1.82, 2.24) is 24.9 Å². The van der Waals surface area contributed by atoms with E-state index in [9.17, 15) is 0 Å². The van der Waals surface area contributed by atoms with E-state index in [1.165, 1.54) is 11.1 Å². The minimum absolute atomic E-state index is 0.0644. The molecule has 0 saturated heterocycles. The van der Waals surface area contributed by atoms with Crippen LogP contribution < -0.4 is 16.9 Å². The van der Waals surface area contributed by atoms with Crippen molar-refractivity contribution in [2.75, 3.05) is 0 Å². The summed E-state index contributed by atoms with van der Waals surface area (Å²) in [4.78, 5) is 34.3. The van der Waals surface area contributed by atoms with Gasteiger partial charge in [-0.1, -0.05) is 78.8 Å². The number of hydrogen-bond acceptors (Lipinski definition) is 7. The van der Waals surface area contributed by atoms with Gasteiger partial charge in [0.15, 0.2) is 11.2 Å². The van der Waals surface area contributed by atoms with E-state index in [0.29, 0.717) is 28.6 Å². The highest BCUT2D eigenvalue weighted by Gasteiger charge is 2.21. The molecular formula is C47H48N8O2. The fourth-order valence-corrected chi connectivity index (χ4v) is 6.60. The number of aromatic nitrogens is 5. The summed E-state index contributed by atoms with van der Waals surface area (Å²) < 4.78 is 12.3. The molecule has 0 radical (unpaired) electrons. The number of nitrogens with one attached hydrogen (secondary N) is 3. The maximum atomic E-state index is 6.15. The van der Waals surface area contributed by atoms with Gasteiger partial charge in [-0.2, -0.15) is 0 Å². The Morgan fingerprint density at radius 2 is 0.965 bits per heavy atom. The van der Waals surface area contributed by atoms with Crippen LogP contribution in [0.4, 0.5) is 17.1 Å². The smallest absolute Gasteiger partial charge is 0.227 e. The van der Waals surface area contributed by atoms with Gasteiger partial charge in [0.05, 0.1) is 17.1 Å². The van der Waals surface area contributed by atoms with Crippen molar-refractivity contribution in [2.45, 2.75) is 78.6 Å². The van der Waals surface area contributed by atoms with Gasteiger partial charge in [0.25, 0.3) is 0 Å². The van der Waals surface area contributed by atoms with Crippen LogP contribution in [0.2, 0.25) is 0 Å². The average molecular weight is 757 g/mol. The molecule has 0 bridgehead atoms. The third kappa shape index (κ3) is 7.94. The molecule has 0 saturated carbocycles. The number of benzene rings is 5. The summed E-state index contributed by atoms with van der Waals surface area (Å²) in [5.41, 5.74) is 12.5. The van der Waals surface area contributed by atoms with E-state index in [4.69, 9.17) is 33.8 Å². The van der Waals surface area contributed by atoms with Gasteiger partial charge in [-0.3, -0.25) is 15.0 Å². The number of aryl methyl sites for hydroxylation is 1. The molecule has 0 amide bonds. The molecule has 0 aliphatic carbocycles. The van der Waals surface area contributed by atoms with Gasteiger partial charge < -0.3 is 8.83 Å². The van der Waals surface area contributed by atoms with Crippen molar-refractivity contribution in [1.29, 1.82) is 0 Å². The Labute approximate surface area is 331 Å². The number of hydrogen-bond donors (Lipinski definition) is 3. The van der Waals surface area contributed by atoms with Crippen molar-refractivity contribution in [2.24, 2.45) is 15.0 Å². The Kier molecular flexibility index (Phi) is 9.95. The van der Waals surface area contributed by atoms with Crippen LogP contribution in [0.5, 0.6) is 0 Å². The molecule has 0 fully saturated rings. The number of rotatable bonds is 10. The van der Waals surface area contributed by atoms with Crippen LogP contribution in [0.1, 0.15) is 78.0 Å². The molecule has 0 unspecified atom stereocenters. The van der Waals surface area contributed by atoms with Crippen molar-refractivity contribution >= 4 is 39.3 Å².